The number of ether oxygens (including phenoxy) is 2. The minimum absolute atomic E-state index is 0.0543. The Hall–Kier alpha value is -2.69. The van der Waals surface area contributed by atoms with Crippen molar-refractivity contribution in [3.05, 3.63) is 93.3 Å². The second-order valence-corrected chi connectivity index (χ2v) is 7.72. The molecule has 0 amide bonds. The highest BCUT2D eigenvalue weighted by atomic mass is 35.5. The molecule has 3 nitrogen and oxygen atoms in total. The fraction of sp³-hybridized carbons (Fsp3) is 0.0870. The topological polar surface area (TPSA) is 35.5 Å². The number of carbonyl (C=O) groups excluding carboxylic acids is 1. The van der Waals surface area contributed by atoms with Crippen molar-refractivity contribution in [3.8, 4) is 11.5 Å². The van der Waals surface area contributed by atoms with Gasteiger partial charge in [-0.1, -0.05) is 59.8 Å². The third kappa shape index (κ3) is 3.79. The molecule has 0 spiro atoms. The summed E-state index contributed by atoms with van der Waals surface area (Å²) in [6, 6.07) is 20.8. The molecular formula is C23H17ClO3S. The van der Waals surface area contributed by atoms with Crippen LogP contribution in [0.15, 0.2) is 76.5 Å². The first-order valence-electron chi connectivity index (χ1n) is 8.73. The molecule has 0 radical (unpaired) electrons. The van der Waals surface area contributed by atoms with E-state index in [0.717, 1.165) is 21.6 Å². The van der Waals surface area contributed by atoms with Crippen LogP contribution in [-0.4, -0.2) is 12.9 Å². The predicted molar refractivity (Wildman–Crippen MR) is 113 cm³/mol. The molecule has 140 valence electrons. The van der Waals surface area contributed by atoms with Crippen molar-refractivity contribution in [1.82, 2.24) is 0 Å². The van der Waals surface area contributed by atoms with Crippen LogP contribution in [0, 0.1) is 0 Å². The number of benzene rings is 3. The van der Waals surface area contributed by atoms with E-state index in [9.17, 15) is 4.79 Å². The second kappa shape index (κ2) is 8.13. The lowest BCUT2D eigenvalue weighted by Gasteiger charge is -2.12. The van der Waals surface area contributed by atoms with Gasteiger partial charge in [-0.25, -0.2) is 0 Å². The maximum absolute atomic E-state index is 12.6. The molecule has 0 aliphatic carbocycles. The first kappa shape index (κ1) is 18.7. The highest BCUT2D eigenvalue weighted by Gasteiger charge is 2.25. The van der Waals surface area contributed by atoms with E-state index in [0.29, 0.717) is 28.0 Å². The summed E-state index contributed by atoms with van der Waals surface area (Å²) in [7, 11) is 1.60. The van der Waals surface area contributed by atoms with Crippen LogP contribution in [0.4, 0.5) is 0 Å². The average molecular weight is 409 g/mol. The summed E-state index contributed by atoms with van der Waals surface area (Å²) in [5.74, 6) is 1.28. The first-order valence-corrected chi connectivity index (χ1v) is 9.92. The molecule has 1 heterocycles. The molecule has 28 heavy (non-hydrogen) atoms. The van der Waals surface area contributed by atoms with Crippen LogP contribution < -0.4 is 9.47 Å². The number of allylic oxidation sites excluding steroid dienone is 1. The molecule has 5 heteroatoms. The van der Waals surface area contributed by atoms with Crippen molar-refractivity contribution < 1.29 is 14.3 Å². The Morgan fingerprint density at radius 3 is 2.57 bits per heavy atom. The molecule has 3 aromatic rings. The van der Waals surface area contributed by atoms with Crippen molar-refractivity contribution >= 4 is 35.2 Å². The SMILES string of the molecule is COc1cc(/C=C2\Sc3ccccc3C2=O)ccc1OCc1ccccc1Cl. The monoisotopic (exact) mass is 408 g/mol. The number of fused-ring (bicyclic) bond motifs is 1. The standard InChI is InChI=1S/C23H17ClO3S/c1-26-20-12-15(13-22-23(25)17-7-3-5-9-21(17)28-22)10-11-19(20)27-14-16-6-2-4-8-18(16)24/h2-13H,14H2,1H3/b22-13-. The fourth-order valence-corrected chi connectivity index (χ4v) is 4.19. The van der Waals surface area contributed by atoms with Crippen LogP contribution >= 0.6 is 23.4 Å². The number of hydrogen-bond acceptors (Lipinski definition) is 4. The Labute approximate surface area is 172 Å². The molecule has 0 N–H and O–H groups in total. The molecule has 1 aliphatic rings. The van der Waals surface area contributed by atoms with E-state index in [4.69, 9.17) is 21.1 Å². The van der Waals surface area contributed by atoms with Gasteiger partial charge in [0.2, 0.25) is 5.78 Å². The molecule has 0 saturated carbocycles. The van der Waals surface area contributed by atoms with Crippen LogP contribution in [0.25, 0.3) is 6.08 Å². The Bertz CT molecular complexity index is 1070. The molecule has 0 fully saturated rings. The molecular weight excluding hydrogens is 392 g/mol. The maximum atomic E-state index is 12.6. The Morgan fingerprint density at radius 2 is 1.79 bits per heavy atom. The summed E-state index contributed by atoms with van der Waals surface area (Å²) in [4.78, 5) is 14.2. The summed E-state index contributed by atoms with van der Waals surface area (Å²) in [5.41, 5.74) is 2.54. The van der Waals surface area contributed by atoms with E-state index in [-0.39, 0.29) is 5.78 Å². The van der Waals surface area contributed by atoms with Crippen LogP contribution in [0.5, 0.6) is 11.5 Å². The minimum atomic E-state index is 0.0543. The number of ketones is 1. The van der Waals surface area contributed by atoms with Crippen molar-refractivity contribution in [2.45, 2.75) is 11.5 Å². The molecule has 0 atom stereocenters. The Morgan fingerprint density at radius 1 is 1.00 bits per heavy atom. The van der Waals surface area contributed by atoms with Crippen molar-refractivity contribution in [2.24, 2.45) is 0 Å². The van der Waals surface area contributed by atoms with Gasteiger partial charge in [0.25, 0.3) is 0 Å². The van der Waals surface area contributed by atoms with Gasteiger partial charge in [-0.05, 0) is 42.0 Å². The van der Waals surface area contributed by atoms with E-state index in [1.807, 2.05) is 72.8 Å². The normalized spacial score (nSPS) is 14.2. The Balaban J connectivity index is 1.55. The van der Waals surface area contributed by atoms with Crippen molar-refractivity contribution in [2.75, 3.05) is 7.11 Å². The zero-order valence-corrected chi connectivity index (χ0v) is 16.7. The number of Topliss-reactive ketones (excluding diaryl/α,β-unsaturated/α-hetero) is 1. The zero-order valence-electron chi connectivity index (χ0n) is 15.1. The number of methoxy groups -OCH3 is 1. The first-order chi connectivity index (χ1) is 13.7. The summed E-state index contributed by atoms with van der Waals surface area (Å²) in [5, 5.41) is 0.666. The quantitative estimate of drug-likeness (QED) is 0.467. The maximum Gasteiger partial charge on any atom is 0.200 e. The van der Waals surface area contributed by atoms with Gasteiger partial charge >= 0.3 is 0 Å². The van der Waals surface area contributed by atoms with Crippen LogP contribution in [0.3, 0.4) is 0 Å². The number of rotatable bonds is 5. The zero-order chi connectivity index (χ0) is 19.5. The van der Waals surface area contributed by atoms with E-state index < -0.39 is 0 Å². The van der Waals surface area contributed by atoms with Crippen LogP contribution in [0.2, 0.25) is 5.02 Å². The lowest BCUT2D eigenvalue weighted by Crippen LogP contribution is -1.99. The van der Waals surface area contributed by atoms with Gasteiger partial charge in [0.05, 0.1) is 12.0 Å². The fourth-order valence-electron chi connectivity index (χ4n) is 2.95. The lowest BCUT2D eigenvalue weighted by molar-refractivity contribution is 0.104. The van der Waals surface area contributed by atoms with Gasteiger partial charge in [-0.3, -0.25) is 4.79 Å². The van der Waals surface area contributed by atoms with Crippen LogP contribution in [-0.2, 0) is 6.61 Å². The van der Waals surface area contributed by atoms with E-state index in [1.165, 1.54) is 11.8 Å². The van der Waals surface area contributed by atoms with Crippen molar-refractivity contribution in [3.63, 3.8) is 0 Å². The van der Waals surface area contributed by atoms with Gasteiger partial charge in [-0.15, -0.1) is 0 Å². The molecule has 0 aromatic heterocycles. The molecule has 0 unspecified atom stereocenters. The number of carbonyl (C=O) groups is 1. The smallest absolute Gasteiger partial charge is 0.200 e. The Kier molecular flexibility index (Phi) is 5.42. The predicted octanol–water partition coefficient (Wildman–Crippen LogP) is 6.26. The summed E-state index contributed by atoms with van der Waals surface area (Å²) in [6.07, 6.45) is 1.88. The molecule has 0 bridgehead atoms. The second-order valence-electron chi connectivity index (χ2n) is 6.23. The van der Waals surface area contributed by atoms with E-state index in [2.05, 4.69) is 0 Å². The number of thioether (sulfide) groups is 1. The largest absolute Gasteiger partial charge is 0.493 e. The average Bonchev–Trinajstić information content (AvgIpc) is 3.03. The van der Waals surface area contributed by atoms with Gasteiger partial charge in [-0.2, -0.15) is 0 Å². The highest BCUT2D eigenvalue weighted by Crippen LogP contribution is 2.41. The van der Waals surface area contributed by atoms with Gasteiger partial charge in [0.15, 0.2) is 11.5 Å². The third-order valence-electron chi connectivity index (χ3n) is 4.40. The lowest BCUT2D eigenvalue weighted by atomic mass is 10.1. The summed E-state index contributed by atoms with van der Waals surface area (Å²) < 4.78 is 11.4. The van der Waals surface area contributed by atoms with Gasteiger partial charge in [0.1, 0.15) is 6.61 Å². The summed E-state index contributed by atoms with van der Waals surface area (Å²) >= 11 is 7.67. The summed E-state index contributed by atoms with van der Waals surface area (Å²) in [6.45, 7) is 0.347. The molecule has 1 aliphatic heterocycles. The van der Waals surface area contributed by atoms with Gasteiger partial charge < -0.3 is 9.47 Å². The number of halogens is 1. The molecule has 0 saturated heterocycles. The number of hydrogen-bond donors (Lipinski definition) is 0. The van der Waals surface area contributed by atoms with Crippen molar-refractivity contribution in [1.29, 1.82) is 0 Å². The van der Waals surface area contributed by atoms with E-state index in [1.54, 1.807) is 7.11 Å². The molecule has 3 aromatic carbocycles. The van der Waals surface area contributed by atoms with Crippen LogP contribution in [0.1, 0.15) is 21.5 Å². The van der Waals surface area contributed by atoms with E-state index >= 15 is 0 Å². The highest BCUT2D eigenvalue weighted by molar-refractivity contribution is 8.04. The minimum Gasteiger partial charge on any atom is -0.493 e. The van der Waals surface area contributed by atoms with Gasteiger partial charge in [0, 0.05) is 21.0 Å². The third-order valence-corrected chi connectivity index (χ3v) is 5.87. The molecule has 4 rings (SSSR count).